The number of rotatable bonds is 1. The Bertz CT molecular complexity index is 139. The van der Waals surface area contributed by atoms with E-state index in [1.54, 1.807) is 12.7 Å². The van der Waals surface area contributed by atoms with Gasteiger partial charge in [0.2, 0.25) is 0 Å². The lowest BCUT2D eigenvalue weighted by Crippen LogP contribution is -2.31. The van der Waals surface area contributed by atoms with Crippen LogP contribution in [0.15, 0.2) is 0 Å². The molecular weight excluding hydrogens is 151 g/mol. The average molecular weight is 162 g/mol. The fourth-order valence-corrected chi connectivity index (χ4v) is 1.29. The first-order valence-corrected chi connectivity index (χ1v) is 3.76. The second kappa shape index (κ2) is 2.97. The summed E-state index contributed by atoms with van der Waals surface area (Å²) in [4.78, 5) is 0. The van der Waals surface area contributed by atoms with Gasteiger partial charge in [0.15, 0.2) is 0 Å². The molecule has 1 heterocycles. The Labute approximate surface area is 61.8 Å². The van der Waals surface area contributed by atoms with Crippen LogP contribution in [0.4, 0.5) is 0 Å². The van der Waals surface area contributed by atoms with Crippen LogP contribution < -0.4 is 0 Å². The molecule has 1 saturated heterocycles. The molecule has 0 aliphatic carbocycles. The van der Waals surface area contributed by atoms with Gasteiger partial charge in [-0.25, -0.2) is 0 Å². The van der Waals surface area contributed by atoms with Gasteiger partial charge in [-0.1, -0.05) is 0 Å². The summed E-state index contributed by atoms with van der Waals surface area (Å²) in [6.45, 7) is 1.73. The quantitative estimate of drug-likeness (QED) is 0.508. The fourth-order valence-electron chi connectivity index (χ4n) is 1.02. The van der Waals surface area contributed by atoms with Gasteiger partial charge in [-0.2, -0.15) is 0 Å². The summed E-state index contributed by atoms with van der Waals surface area (Å²) in [6, 6.07) is 0. The molecule has 2 unspecified atom stereocenters. The minimum Gasteiger partial charge on any atom is -0.388 e. The maximum Gasteiger partial charge on any atom is 0.112 e. The van der Waals surface area contributed by atoms with Crippen LogP contribution in [0.5, 0.6) is 0 Å². The summed E-state index contributed by atoms with van der Waals surface area (Å²) in [5.41, 5.74) is 0. The van der Waals surface area contributed by atoms with Crippen molar-refractivity contribution in [1.29, 1.82) is 0 Å². The van der Waals surface area contributed by atoms with E-state index >= 15 is 0 Å². The van der Waals surface area contributed by atoms with Crippen molar-refractivity contribution in [3.63, 3.8) is 0 Å². The number of aliphatic hydroxyl groups is 2. The standard InChI is InChI=1S/C6H11O3P/c1-3-5(7)6(8)4(2-10)9-3/h2-8,10H,1H3/t3-,4?,5+,6?/m1/s1. The zero-order valence-electron chi connectivity index (χ0n) is 5.69. The summed E-state index contributed by atoms with van der Waals surface area (Å²) in [5, 5.41) is 18.3. The first-order valence-electron chi connectivity index (χ1n) is 3.19. The Kier molecular flexibility index (Phi) is 2.42. The van der Waals surface area contributed by atoms with Gasteiger partial charge in [0.25, 0.3) is 0 Å². The second-order valence-corrected chi connectivity index (χ2v) is 2.79. The predicted molar refractivity (Wildman–Crippen MR) is 40.7 cm³/mol. The molecule has 0 aromatic carbocycles. The Morgan fingerprint density at radius 2 is 2.00 bits per heavy atom. The molecule has 1 fully saturated rings. The van der Waals surface area contributed by atoms with Crippen molar-refractivity contribution < 1.29 is 14.9 Å². The number of ether oxygens (including phenoxy) is 1. The summed E-state index contributed by atoms with van der Waals surface area (Å²) in [5.74, 6) is 1.55. The highest BCUT2D eigenvalue weighted by Gasteiger charge is 2.38. The highest BCUT2D eigenvalue weighted by atomic mass is 31.0. The van der Waals surface area contributed by atoms with E-state index in [1.165, 1.54) is 0 Å². The van der Waals surface area contributed by atoms with Gasteiger partial charge in [0.1, 0.15) is 18.3 Å². The first kappa shape index (κ1) is 8.15. The van der Waals surface area contributed by atoms with Crippen molar-refractivity contribution in [2.45, 2.75) is 31.3 Å². The maximum atomic E-state index is 9.19. The van der Waals surface area contributed by atoms with Crippen molar-refractivity contribution in [2.24, 2.45) is 0 Å². The third kappa shape index (κ3) is 1.23. The maximum absolute atomic E-state index is 9.19. The van der Waals surface area contributed by atoms with E-state index in [2.05, 4.69) is 8.86 Å². The molecule has 0 radical (unpaired) electrons. The highest BCUT2D eigenvalue weighted by Crippen LogP contribution is 2.19. The SMILES string of the molecule is C[C@H]1OC(C=P)C(O)[C@H]1O. The molecule has 0 aromatic heterocycles. The monoisotopic (exact) mass is 162 g/mol. The van der Waals surface area contributed by atoms with E-state index in [-0.39, 0.29) is 12.2 Å². The van der Waals surface area contributed by atoms with Crippen molar-refractivity contribution >= 4 is 14.7 Å². The summed E-state index contributed by atoms with van der Waals surface area (Å²) in [7, 11) is 3.10. The summed E-state index contributed by atoms with van der Waals surface area (Å²) < 4.78 is 5.13. The van der Waals surface area contributed by atoms with Crippen LogP contribution in [0, 0.1) is 0 Å². The lowest BCUT2D eigenvalue weighted by atomic mass is 10.1. The number of aliphatic hydroxyl groups excluding tert-OH is 2. The van der Waals surface area contributed by atoms with Crippen LogP contribution >= 0.6 is 8.86 Å². The lowest BCUT2D eigenvalue weighted by molar-refractivity contribution is 0.0317. The lowest BCUT2D eigenvalue weighted by Gasteiger charge is -2.08. The molecule has 0 aromatic rings. The van der Waals surface area contributed by atoms with Crippen LogP contribution in [0.2, 0.25) is 0 Å². The topological polar surface area (TPSA) is 49.7 Å². The Morgan fingerprint density at radius 3 is 2.20 bits per heavy atom. The number of hydrogen-bond acceptors (Lipinski definition) is 3. The zero-order valence-corrected chi connectivity index (χ0v) is 6.69. The summed E-state index contributed by atoms with van der Waals surface area (Å²) in [6.07, 6.45) is -2.24. The molecule has 0 bridgehead atoms. The van der Waals surface area contributed by atoms with Crippen LogP contribution in [-0.2, 0) is 4.74 Å². The number of hydrogen-bond donors (Lipinski definition) is 2. The predicted octanol–water partition coefficient (Wildman–Crippen LogP) is -0.560. The van der Waals surface area contributed by atoms with Crippen molar-refractivity contribution in [3.05, 3.63) is 0 Å². The highest BCUT2D eigenvalue weighted by molar-refractivity contribution is 7.18. The third-order valence-electron chi connectivity index (χ3n) is 1.70. The van der Waals surface area contributed by atoms with Gasteiger partial charge in [-0.05, 0) is 12.7 Å². The van der Waals surface area contributed by atoms with E-state index in [1.807, 2.05) is 0 Å². The van der Waals surface area contributed by atoms with Crippen molar-refractivity contribution in [3.8, 4) is 0 Å². The molecule has 58 valence electrons. The van der Waals surface area contributed by atoms with Gasteiger partial charge in [-0.15, -0.1) is 8.86 Å². The molecule has 4 atom stereocenters. The van der Waals surface area contributed by atoms with E-state index < -0.39 is 12.2 Å². The third-order valence-corrected chi connectivity index (χ3v) is 2.03. The van der Waals surface area contributed by atoms with Crippen LogP contribution in [0.3, 0.4) is 0 Å². The molecule has 4 heteroatoms. The Hall–Kier alpha value is 0.0500. The molecule has 2 N–H and O–H groups in total. The van der Waals surface area contributed by atoms with Gasteiger partial charge in [0.05, 0.1) is 6.10 Å². The molecule has 0 saturated carbocycles. The molecule has 1 aliphatic rings. The van der Waals surface area contributed by atoms with E-state index in [0.717, 1.165) is 0 Å². The van der Waals surface area contributed by atoms with Gasteiger partial charge < -0.3 is 14.9 Å². The van der Waals surface area contributed by atoms with Crippen molar-refractivity contribution in [2.75, 3.05) is 0 Å². The minimum absolute atomic E-state index is 0.285. The van der Waals surface area contributed by atoms with E-state index in [9.17, 15) is 5.11 Å². The summed E-state index contributed by atoms with van der Waals surface area (Å²) >= 11 is 0. The molecule has 3 nitrogen and oxygen atoms in total. The smallest absolute Gasteiger partial charge is 0.112 e. The van der Waals surface area contributed by atoms with E-state index in [0.29, 0.717) is 0 Å². The second-order valence-electron chi connectivity index (χ2n) is 2.45. The Balaban J connectivity index is 2.61. The van der Waals surface area contributed by atoms with Crippen LogP contribution in [-0.4, -0.2) is 40.4 Å². The first-order chi connectivity index (χ1) is 4.66. The molecule has 10 heavy (non-hydrogen) atoms. The van der Waals surface area contributed by atoms with E-state index in [4.69, 9.17) is 9.84 Å². The minimum atomic E-state index is -0.799. The van der Waals surface area contributed by atoms with Crippen molar-refractivity contribution in [1.82, 2.24) is 0 Å². The van der Waals surface area contributed by atoms with Gasteiger partial charge in [0, 0.05) is 0 Å². The molecule has 1 aliphatic heterocycles. The average Bonchev–Trinajstić information content (AvgIpc) is 2.17. The Morgan fingerprint density at radius 1 is 1.40 bits per heavy atom. The fraction of sp³-hybridized carbons (Fsp3) is 0.833. The molecular formula is C6H11O3P. The molecule has 1 rings (SSSR count). The van der Waals surface area contributed by atoms with Gasteiger partial charge >= 0.3 is 0 Å². The largest absolute Gasteiger partial charge is 0.388 e. The normalized spacial score (nSPS) is 47.5. The van der Waals surface area contributed by atoms with Gasteiger partial charge in [-0.3, -0.25) is 0 Å². The zero-order chi connectivity index (χ0) is 7.72. The molecule has 0 amide bonds. The van der Waals surface area contributed by atoms with Crippen LogP contribution in [0.1, 0.15) is 6.92 Å². The van der Waals surface area contributed by atoms with Crippen LogP contribution in [0.25, 0.3) is 0 Å². The molecule has 0 spiro atoms.